The molecule has 5 heteroatoms. The van der Waals surface area contributed by atoms with E-state index in [9.17, 15) is 8.42 Å². The van der Waals surface area contributed by atoms with Crippen molar-refractivity contribution in [2.45, 2.75) is 134 Å². The molecule has 0 aliphatic heterocycles. The molecule has 0 saturated carbocycles. The topological polar surface area (TPSA) is 80.4 Å². The van der Waals surface area contributed by atoms with Gasteiger partial charge in [-0.15, -0.1) is 0 Å². The Morgan fingerprint density at radius 1 is 0.684 bits per heavy atom. The van der Waals surface area contributed by atoms with Gasteiger partial charge in [-0.3, -0.25) is 4.55 Å². The van der Waals surface area contributed by atoms with Crippen LogP contribution in [0.2, 0.25) is 0 Å². The highest BCUT2D eigenvalue weighted by Gasteiger charge is 2.24. The first-order valence-electron chi connectivity index (χ1n) is 15.0. The van der Waals surface area contributed by atoms with Crippen LogP contribution in [0.5, 0.6) is 0 Å². The van der Waals surface area contributed by atoms with Gasteiger partial charge in [-0.25, -0.2) is 0 Å². The molecule has 0 aromatic heterocycles. The lowest BCUT2D eigenvalue weighted by Crippen LogP contribution is -2.42. The van der Waals surface area contributed by atoms with Crippen LogP contribution in [-0.2, 0) is 16.5 Å². The molecule has 2 aromatic carbocycles. The van der Waals surface area contributed by atoms with Gasteiger partial charge < -0.3 is 5.73 Å². The van der Waals surface area contributed by atoms with Crippen molar-refractivity contribution in [2.24, 2.45) is 11.7 Å². The van der Waals surface area contributed by atoms with Gasteiger partial charge >= 0.3 is 0 Å². The summed E-state index contributed by atoms with van der Waals surface area (Å²) in [5.74, 6) is 0.576. The van der Waals surface area contributed by atoms with E-state index in [1.165, 1.54) is 114 Å². The zero-order valence-electron chi connectivity index (χ0n) is 24.4. The van der Waals surface area contributed by atoms with Crippen molar-refractivity contribution in [3.63, 3.8) is 0 Å². The second-order valence-corrected chi connectivity index (χ2v) is 12.8. The Labute approximate surface area is 234 Å². The standard InChI is InChI=1S/C27H49N.C6H6O3S/c1-4-5-6-7-8-9-10-11-12-13-14-15-16-20-23-26(27(2,3)28)24-25-21-18-17-19-22-25;7-10(8,9)6-4-2-1-3-5-6/h17-19,21-22,26H,4-16,20,23-24,28H2,1-3H3;1-5H,(H,7,8,9). The summed E-state index contributed by atoms with van der Waals surface area (Å²) >= 11 is 0. The van der Waals surface area contributed by atoms with Crippen molar-refractivity contribution in [3.05, 3.63) is 66.2 Å². The molecule has 2 aromatic rings. The molecule has 0 saturated heterocycles. The maximum absolute atomic E-state index is 10.4. The molecule has 0 spiro atoms. The van der Waals surface area contributed by atoms with E-state index in [-0.39, 0.29) is 10.4 Å². The highest BCUT2D eigenvalue weighted by Crippen LogP contribution is 2.25. The molecule has 0 bridgehead atoms. The molecule has 0 fully saturated rings. The van der Waals surface area contributed by atoms with E-state index in [1.807, 2.05) is 0 Å². The number of rotatable bonds is 19. The van der Waals surface area contributed by atoms with E-state index >= 15 is 0 Å². The van der Waals surface area contributed by atoms with Gasteiger partial charge in [-0.2, -0.15) is 8.42 Å². The van der Waals surface area contributed by atoms with E-state index in [0.29, 0.717) is 5.92 Å². The number of hydrogen-bond donors (Lipinski definition) is 2. The minimum Gasteiger partial charge on any atom is -0.325 e. The van der Waals surface area contributed by atoms with Crippen LogP contribution < -0.4 is 5.73 Å². The monoisotopic (exact) mass is 545 g/mol. The lowest BCUT2D eigenvalue weighted by atomic mass is 9.80. The smallest absolute Gasteiger partial charge is 0.294 e. The fourth-order valence-electron chi connectivity index (χ4n) is 4.81. The lowest BCUT2D eigenvalue weighted by Gasteiger charge is -2.31. The molecule has 0 aliphatic rings. The molecule has 0 heterocycles. The Hall–Kier alpha value is -1.69. The fraction of sp³-hybridized carbons (Fsp3) is 0.636. The molecular weight excluding hydrogens is 490 g/mol. The van der Waals surface area contributed by atoms with E-state index in [4.69, 9.17) is 10.3 Å². The highest BCUT2D eigenvalue weighted by atomic mass is 32.2. The molecular formula is C33H55NO3S. The minimum atomic E-state index is -4.00. The van der Waals surface area contributed by atoms with Crippen molar-refractivity contribution in [2.75, 3.05) is 0 Å². The summed E-state index contributed by atoms with van der Waals surface area (Å²) in [5.41, 5.74) is 7.82. The number of benzene rings is 2. The first kappa shape index (κ1) is 34.3. The van der Waals surface area contributed by atoms with E-state index in [0.717, 1.165) is 6.42 Å². The average Bonchev–Trinajstić information content (AvgIpc) is 2.88. The molecule has 38 heavy (non-hydrogen) atoms. The zero-order chi connectivity index (χ0) is 28.1. The summed E-state index contributed by atoms with van der Waals surface area (Å²) in [6.07, 6.45) is 22.3. The van der Waals surface area contributed by atoms with Gasteiger partial charge in [0.1, 0.15) is 0 Å². The maximum Gasteiger partial charge on any atom is 0.294 e. The first-order chi connectivity index (χ1) is 18.1. The normalized spacial score (nSPS) is 12.6. The van der Waals surface area contributed by atoms with Crippen LogP contribution in [0, 0.1) is 5.92 Å². The number of nitrogens with two attached hydrogens (primary N) is 1. The van der Waals surface area contributed by atoms with Gasteiger partial charge in [-0.05, 0) is 50.3 Å². The van der Waals surface area contributed by atoms with Crippen LogP contribution in [0.25, 0.3) is 0 Å². The quantitative estimate of drug-likeness (QED) is 0.136. The summed E-state index contributed by atoms with van der Waals surface area (Å²) < 4.78 is 29.2. The molecule has 216 valence electrons. The Morgan fingerprint density at radius 3 is 1.45 bits per heavy atom. The van der Waals surface area contributed by atoms with Gasteiger partial charge in [-0.1, -0.05) is 145 Å². The van der Waals surface area contributed by atoms with Crippen LogP contribution >= 0.6 is 0 Å². The highest BCUT2D eigenvalue weighted by molar-refractivity contribution is 7.85. The molecule has 4 nitrogen and oxygen atoms in total. The third-order valence-electron chi connectivity index (χ3n) is 7.32. The van der Waals surface area contributed by atoms with Crippen LogP contribution in [-0.4, -0.2) is 18.5 Å². The zero-order valence-corrected chi connectivity index (χ0v) is 25.2. The van der Waals surface area contributed by atoms with Gasteiger partial charge in [0.2, 0.25) is 0 Å². The molecule has 0 aliphatic carbocycles. The van der Waals surface area contributed by atoms with Gasteiger partial charge in [0.15, 0.2) is 0 Å². The van der Waals surface area contributed by atoms with E-state index < -0.39 is 10.1 Å². The van der Waals surface area contributed by atoms with Crippen LogP contribution in [0.3, 0.4) is 0 Å². The Balaban J connectivity index is 0.000000600. The predicted octanol–water partition coefficient (Wildman–Crippen LogP) is 9.39. The second-order valence-electron chi connectivity index (χ2n) is 11.4. The van der Waals surface area contributed by atoms with Crippen LogP contribution in [0.15, 0.2) is 65.6 Å². The van der Waals surface area contributed by atoms with Crippen LogP contribution in [0.4, 0.5) is 0 Å². The summed E-state index contributed by atoms with van der Waals surface area (Å²) in [6.45, 7) is 6.69. The van der Waals surface area contributed by atoms with Crippen molar-refractivity contribution in [1.82, 2.24) is 0 Å². The fourth-order valence-corrected chi connectivity index (χ4v) is 5.31. The Kier molecular flexibility index (Phi) is 18.3. The van der Waals surface area contributed by atoms with Crippen LogP contribution in [0.1, 0.15) is 123 Å². The molecule has 0 radical (unpaired) electrons. The van der Waals surface area contributed by atoms with Gasteiger partial charge in [0.05, 0.1) is 4.90 Å². The first-order valence-corrected chi connectivity index (χ1v) is 16.4. The van der Waals surface area contributed by atoms with Crippen molar-refractivity contribution in [3.8, 4) is 0 Å². The predicted molar refractivity (Wildman–Crippen MR) is 163 cm³/mol. The summed E-state index contributed by atoms with van der Waals surface area (Å²) in [5, 5.41) is 0. The summed E-state index contributed by atoms with van der Waals surface area (Å²) in [7, 11) is -4.00. The molecule has 0 amide bonds. The largest absolute Gasteiger partial charge is 0.325 e. The van der Waals surface area contributed by atoms with E-state index in [1.54, 1.807) is 18.2 Å². The number of unbranched alkanes of at least 4 members (excludes halogenated alkanes) is 13. The van der Waals surface area contributed by atoms with E-state index in [2.05, 4.69) is 51.1 Å². The molecule has 1 unspecified atom stereocenters. The van der Waals surface area contributed by atoms with Crippen molar-refractivity contribution >= 4 is 10.1 Å². The Morgan fingerprint density at radius 2 is 1.08 bits per heavy atom. The maximum atomic E-state index is 10.4. The summed E-state index contributed by atoms with van der Waals surface area (Å²) in [6, 6.07) is 18.3. The second kappa shape index (κ2) is 20.2. The third-order valence-corrected chi connectivity index (χ3v) is 8.19. The SMILES string of the molecule is CCCCCCCCCCCCCCCCC(Cc1ccccc1)C(C)(C)N.O=S(=O)(O)c1ccccc1. The van der Waals surface area contributed by atoms with Crippen molar-refractivity contribution < 1.29 is 13.0 Å². The van der Waals surface area contributed by atoms with Crippen molar-refractivity contribution in [1.29, 1.82) is 0 Å². The minimum absolute atomic E-state index is 0.0741. The summed E-state index contributed by atoms with van der Waals surface area (Å²) in [4.78, 5) is -0.0741. The Bertz CT molecular complexity index is 908. The van der Waals surface area contributed by atoms with Gasteiger partial charge in [0, 0.05) is 5.54 Å². The average molecular weight is 546 g/mol. The molecule has 1 atom stereocenters. The number of hydrogen-bond acceptors (Lipinski definition) is 3. The third kappa shape index (κ3) is 17.8. The lowest BCUT2D eigenvalue weighted by molar-refractivity contribution is 0.290. The van der Waals surface area contributed by atoms with Gasteiger partial charge in [0.25, 0.3) is 10.1 Å². The molecule has 2 rings (SSSR count). The molecule has 3 N–H and O–H groups in total.